The largest absolute Gasteiger partial charge is 0.342 e. The molecule has 0 unspecified atom stereocenters. The molecule has 1 amide bonds. The molecule has 1 fully saturated rings. The topological polar surface area (TPSA) is 46.1 Å². The van der Waals surface area contributed by atoms with Gasteiger partial charge in [-0.3, -0.25) is 4.79 Å². The van der Waals surface area contributed by atoms with E-state index in [1.807, 2.05) is 24.8 Å². The van der Waals surface area contributed by atoms with Gasteiger partial charge in [0.15, 0.2) is 5.82 Å². The van der Waals surface area contributed by atoms with Crippen LogP contribution in [0.3, 0.4) is 0 Å². The number of nitrogens with zero attached hydrogens (tertiary/aromatic N) is 3. The molecule has 1 atom stereocenters. The molecule has 1 aromatic carbocycles. The second-order valence-corrected chi connectivity index (χ2v) is 6.59. The molecule has 0 radical (unpaired) electrons. The van der Waals surface area contributed by atoms with Crippen molar-refractivity contribution in [3.8, 4) is 11.4 Å². The molecule has 126 valence electrons. The second-order valence-electron chi connectivity index (χ2n) is 6.59. The molecule has 0 N–H and O–H groups in total. The number of rotatable bonds is 3. The quantitative estimate of drug-likeness (QED) is 0.864. The van der Waals surface area contributed by atoms with Crippen molar-refractivity contribution in [2.24, 2.45) is 5.92 Å². The smallest absolute Gasteiger partial charge is 0.225 e. The summed E-state index contributed by atoms with van der Waals surface area (Å²) in [7, 11) is 0. The predicted molar refractivity (Wildman–Crippen MR) is 90.8 cm³/mol. The maximum Gasteiger partial charge on any atom is 0.225 e. The van der Waals surface area contributed by atoms with Gasteiger partial charge in [-0.2, -0.15) is 0 Å². The van der Waals surface area contributed by atoms with Crippen LogP contribution in [0.25, 0.3) is 11.4 Å². The number of piperidine rings is 1. The molecule has 1 saturated heterocycles. The third kappa shape index (κ3) is 3.61. The number of amides is 1. The van der Waals surface area contributed by atoms with Crippen molar-refractivity contribution in [2.45, 2.75) is 32.6 Å². The van der Waals surface area contributed by atoms with E-state index < -0.39 is 0 Å². The zero-order valence-electron chi connectivity index (χ0n) is 14.1. The Morgan fingerprint density at radius 2 is 2.00 bits per heavy atom. The van der Waals surface area contributed by atoms with Crippen LogP contribution in [-0.4, -0.2) is 33.9 Å². The lowest BCUT2D eigenvalue weighted by Gasteiger charge is -2.33. The number of benzene rings is 1. The summed E-state index contributed by atoms with van der Waals surface area (Å²) in [6.07, 6.45) is 3.74. The Hall–Kier alpha value is -2.30. The van der Waals surface area contributed by atoms with E-state index in [1.165, 1.54) is 12.1 Å². The molecule has 0 spiro atoms. The fourth-order valence-corrected chi connectivity index (χ4v) is 3.12. The number of carbonyl (C=O) groups is 1. The summed E-state index contributed by atoms with van der Waals surface area (Å²) in [5, 5.41) is 0. The van der Waals surface area contributed by atoms with E-state index in [1.54, 1.807) is 18.3 Å². The highest BCUT2D eigenvalue weighted by atomic mass is 19.1. The van der Waals surface area contributed by atoms with E-state index in [4.69, 9.17) is 0 Å². The van der Waals surface area contributed by atoms with Crippen LogP contribution in [0.5, 0.6) is 0 Å². The molecular weight excluding hydrogens is 305 g/mol. The molecule has 24 heavy (non-hydrogen) atoms. The van der Waals surface area contributed by atoms with E-state index >= 15 is 0 Å². The van der Waals surface area contributed by atoms with Crippen LogP contribution in [0.2, 0.25) is 0 Å². The Labute approximate surface area is 141 Å². The van der Waals surface area contributed by atoms with Gasteiger partial charge in [-0.25, -0.2) is 14.4 Å². The van der Waals surface area contributed by atoms with Crippen molar-refractivity contribution >= 4 is 5.91 Å². The molecule has 1 aliphatic rings. The third-order valence-corrected chi connectivity index (χ3v) is 4.42. The predicted octanol–water partition coefficient (Wildman–Crippen LogP) is 3.64. The maximum absolute atomic E-state index is 13.1. The minimum Gasteiger partial charge on any atom is -0.342 e. The van der Waals surface area contributed by atoms with E-state index in [0.29, 0.717) is 12.4 Å². The van der Waals surface area contributed by atoms with Crippen LogP contribution < -0.4 is 0 Å². The van der Waals surface area contributed by atoms with Gasteiger partial charge in [0.05, 0.1) is 0 Å². The Morgan fingerprint density at radius 1 is 1.25 bits per heavy atom. The first kappa shape index (κ1) is 16.6. The second kappa shape index (κ2) is 7.07. The number of hydrogen-bond acceptors (Lipinski definition) is 3. The van der Waals surface area contributed by atoms with Gasteiger partial charge in [-0.1, -0.05) is 13.8 Å². The highest BCUT2D eigenvalue weighted by Gasteiger charge is 2.27. The number of hydrogen-bond donors (Lipinski definition) is 0. The van der Waals surface area contributed by atoms with Crippen LogP contribution in [0.15, 0.2) is 36.5 Å². The van der Waals surface area contributed by atoms with Gasteiger partial charge in [-0.15, -0.1) is 0 Å². The van der Waals surface area contributed by atoms with Crippen molar-refractivity contribution in [1.82, 2.24) is 14.9 Å². The Morgan fingerprint density at radius 3 is 2.71 bits per heavy atom. The summed E-state index contributed by atoms with van der Waals surface area (Å²) < 4.78 is 13.1. The van der Waals surface area contributed by atoms with Crippen LogP contribution in [0.4, 0.5) is 4.39 Å². The molecule has 4 nitrogen and oxygen atoms in total. The number of halogens is 1. The van der Waals surface area contributed by atoms with E-state index in [-0.39, 0.29) is 23.6 Å². The minimum absolute atomic E-state index is 0.0175. The van der Waals surface area contributed by atoms with Crippen LogP contribution in [0, 0.1) is 11.7 Å². The Balaban J connectivity index is 1.80. The average Bonchev–Trinajstić information content (AvgIpc) is 2.62. The highest BCUT2D eigenvalue weighted by molar-refractivity contribution is 5.78. The number of aromatic nitrogens is 2. The summed E-state index contributed by atoms with van der Waals surface area (Å²) >= 11 is 0. The fraction of sp³-hybridized carbons (Fsp3) is 0.421. The van der Waals surface area contributed by atoms with Crippen molar-refractivity contribution in [3.05, 3.63) is 48.0 Å². The van der Waals surface area contributed by atoms with E-state index in [2.05, 4.69) is 9.97 Å². The monoisotopic (exact) mass is 327 g/mol. The standard InChI is InChI=1S/C19H22FN3O/c1-13(2)19(24)23-11-3-4-15(12-23)17-9-10-21-18(22-17)14-5-7-16(20)8-6-14/h5-10,13,15H,3-4,11-12H2,1-2H3/t15-/m0/s1. The lowest BCUT2D eigenvalue weighted by atomic mass is 9.93. The first-order chi connectivity index (χ1) is 11.5. The van der Waals surface area contributed by atoms with Gasteiger partial charge < -0.3 is 4.90 Å². The van der Waals surface area contributed by atoms with Crippen LogP contribution in [-0.2, 0) is 4.79 Å². The molecule has 2 heterocycles. The lowest BCUT2D eigenvalue weighted by molar-refractivity contribution is -0.135. The van der Waals surface area contributed by atoms with Gasteiger partial charge in [0.2, 0.25) is 5.91 Å². The summed E-state index contributed by atoms with van der Waals surface area (Å²) in [4.78, 5) is 23.2. The van der Waals surface area contributed by atoms with Gasteiger partial charge in [0.25, 0.3) is 0 Å². The maximum atomic E-state index is 13.1. The van der Waals surface area contributed by atoms with Crippen molar-refractivity contribution in [2.75, 3.05) is 13.1 Å². The van der Waals surface area contributed by atoms with Gasteiger partial charge >= 0.3 is 0 Å². The molecular formula is C19H22FN3O. The Kier molecular flexibility index (Phi) is 4.88. The van der Waals surface area contributed by atoms with Crippen molar-refractivity contribution in [3.63, 3.8) is 0 Å². The zero-order valence-corrected chi connectivity index (χ0v) is 14.1. The van der Waals surface area contributed by atoms with Gasteiger partial charge in [-0.05, 0) is 43.2 Å². The van der Waals surface area contributed by atoms with Gasteiger partial charge in [0.1, 0.15) is 5.82 Å². The van der Waals surface area contributed by atoms with E-state index in [0.717, 1.165) is 30.6 Å². The first-order valence-corrected chi connectivity index (χ1v) is 8.42. The van der Waals surface area contributed by atoms with Crippen LogP contribution in [0.1, 0.15) is 38.3 Å². The molecule has 3 rings (SSSR count). The van der Waals surface area contributed by atoms with Gasteiger partial charge in [0, 0.05) is 42.4 Å². The summed E-state index contributed by atoms with van der Waals surface area (Å²) in [6.45, 7) is 5.40. The molecule has 0 aliphatic carbocycles. The number of carbonyl (C=O) groups excluding carboxylic acids is 1. The lowest BCUT2D eigenvalue weighted by Crippen LogP contribution is -2.41. The Bertz CT molecular complexity index is 715. The highest BCUT2D eigenvalue weighted by Crippen LogP contribution is 2.27. The zero-order chi connectivity index (χ0) is 17.1. The minimum atomic E-state index is -0.273. The first-order valence-electron chi connectivity index (χ1n) is 8.42. The van der Waals surface area contributed by atoms with E-state index in [9.17, 15) is 9.18 Å². The van der Waals surface area contributed by atoms with Crippen LogP contribution >= 0.6 is 0 Å². The third-order valence-electron chi connectivity index (χ3n) is 4.42. The summed E-state index contributed by atoms with van der Waals surface area (Å²) in [5.41, 5.74) is 1.75. The summed E-state index contributed by atoms with van der Waals surface area (Å²) in [5.74, 6) is 0.768. The fourth-order valence-electron chi connectivity index (χ4n) is 3.12. The molecule has 5 heteroatoms. The molecule has 1 aliphatic heterocycles. The van der Waals surface area contributed by atoms with Crippen molar-refractivity contribution in [1.29, 1.82) is 0 Å². The normalized spacial score (nSPS) is 18.0. The van der Waals surface area contributed by atoms with Crippen molar-refractivity contribution < 1.29 is 9.18 Å². The molecule has 0 saturated carbocycles. The molecule has 1 aromatic heterocycles. The summed E-state index contributed by atoms with van der Waals surface area (Å²) in [6, 6.07) is 8.11. The average molecular weight is 327 g/mol. The number of likely N-dealkylation sites (tertiary alicyclic amines) is 1. The molecule has 0 bridgehead atoms. The molecule has 2 aromatic rings. The SMILES string of the molecule is CC(C)C(=O)N1CCC[C@H](c2ccnc(-c3ccc(F)cc3)n2)C1.